The fourth-order valence-electron chi connectivity index (χ4n) is 8.77. The van der Waals surface area contributed by atoms with E-state index in [4.69, 9.17) is 24.7 Å². The van der Waals surface area contributed by atoms with Crippen molar-refractivity contribution in [3.63, 3.8) is 0 Å². The Hall–Kier alpha value is -9.17. The molecule has 1 amide bonds. The number of anilines is 4. The Morgan fingerprint density at radius 1 is 0.658 bits per heavy atom. The molecule has 2 aliphatic heterocycles. The van der Waals surface area contributed by atoms with Gasteiger partial charge in [-0.15, -0.1) is 0 Å². The topological polar surface area (TPSA) is 197 Å². The lowest BCUT2D eigenvalue weighted by Gasteiger charge is -2.30. The maximum atomic E-state index is 12.8. The van der Waals surface area contributed by atoms with E-state index in [0.717, 1.165) is 87.4 Å². The average Bonchev–Trinajstić information content (AvgIpc) is 4.27. The number of hydrogen-bond acceptors (Lipinski definition) is 13. The van der Waals surface area contributed by atoms with Gasteiger partial charge in [0.1, 0.15) is 5.60 Å². The summed E-state index contributed by atoms with van der Waals surface area (Å²) in [6, 6.07) is 16.2. The SMILES string of the molecule is Cn1cc(-c2cnc3c(Nc4ccc(-n5ccnc5)cc4)nc(C4=CCCN(C(=O)OC(C)(C)C)C4)cn23)cn1.Cn1cc(-c2cnc3c(Nc4ccc(-n5ccnc5)cc4)nc(C4=CCCNC4)cn23)cn1. The number of fused-ring (bicyclic) bond motifs is 2. The molecule has 0 unspecified atom stereocenters. The molecule has 2 aromatic carbocycles. The number of amides is 1. The van der Waals surface area contributed by atoms with Gasteiger partial charge in [-0.1, -0.05) is 12.2 Å². The first kappa shape index (κ1) is 46.2. The van der Waals surface area contributed by atoms with Crippen molar-refractivity contribution in [1.82, 2.24) is 77.6 Å². The van der Waals surface area contributed by atoms with Crippen LogP contribution in [0.1, 0.15) is 45.0 Å². The van der Waals surface area contributed by atoms with Crippen LogP contribution in [-0.4, -0.2) is 110 Å². The van der Waals surface area contributed by atoms with E-state index >= 15 is 0 Å². The van der Waals surface area contributed by atoms with Gasteiger partial charge in [-0.25, -0.2) is 34.7 Å². The Bertz CT molecular complexity index is 3610. The second-order valence-corrected chi connectivity index (χ2v) is 18.8. The van der Waals surface area contributed by atoms with Crippen LogP contribution < -0.4 is 16.0 Å². The molecule has 0 fully saturated rings. The molecule has 2 aliphatic rings. The number of rotatable bonds is 10. The fourth-order valence-corrected chi connectivity index (χ4v) is 8.77. The molecule has 368 valence electrons. The summed E-state index contributed by atoms with van der Waals surface area (Å²) in [6.07, 6.45) is 32.0. The summed E-state index contributed by atoms with van der Waals surface area (Å²) in [6.45, 7) is 8.42. The van der Waals surface area contributed by atoms with E-state index in [2.05, 4.69) is 58.9 Å². The van der Waals surface area contributed by atoms with E-state index in [9.17, 15) is 4.79 Å². The summed E-state index contributed by atoms with van der Waals surface area (Å²) >= 11 is 0. The number of benzene rings is 2. The zero-order chi connectivity index (χ0) is 50.1. The summed E-state index contributed by atoms with van der Waals surface area (Å²) in [5.74, 6) is 1.32. The van der Waals surface area contributed by atoms with Crippen LogP contribution in [0.2, 0.25) is 0 Å². The smallest absolute Gasteiger partial charge is 0.410 e. The minimum absolute atomic E-state index is 0.325. The molecular weight excluding hydrogens is 921 g/mol. The summed E-state index contributed by atoms with van der Waals surface area (Å²) in [5.41, 5.74) is 12.4. The normalized spacial score (nSPS) is 13.9. The first-order valence-corrected chi connectivity index (χ1v) is 24.0. The molecule has 0 radical (unpaired) electrons. The van der Waals surface area contributed by atoms with Crippen molar-refractivity contribution in [2.75, 3.05) is 36.8 Å². The number of imidazole rings is 4. The minimum atomic E-state index is -0.560. The lowest BCUT2D eigenvalue weighted by Crippen LogP contribution is -2.39. The van der Waals surface area contributed by atoms with Crippen LogP contribution >= 0.6 is 0 Å². The number of carbonyl (C=O) groups is 1. The molecule has 0 saturated heterocycles. The van der Waals surface area contributed by atoms with Crippen LogP contribution in [0.4, 0.5) is 27.8 Å². The van der Waals surface area contributed by atoms with Crippen LogP contribution in [0, 0.1) is 0 Å². The predicted octanol–water partition coefficient (Wildman–Crippen LogP) is 8.52. The second-order valence-electron chi connectivity index (χ2n) is 18.8. The second kappa shape index (κ2) is 19.6. The fraction of sp³-hybridized carbons (Fsp3) is 0.226. The zero-order valence-electron chi connectivity index (χ0n) is 41.1. The number of aryl methyl sites for hydroxylation is 2. The van der Waals surface area contributed by atoms with Gasteiger partial charge in [0, 0.05) is 111 Å². The molecular formula is C53H54N18O2. The third-order valence-corrected chi connectivity index (χ3v) is 12.3. The van der Waals surface area contributed by atoms with Crippen molar-refractivity contribution in [2.24, 2.45) is 14.1 Å². The zero-order valence-corrected chi connectivity index (χ0v) is 41.1. The highest BCUT2D eigenvalue weighted by molar-refractivity contribution is 5.80. The van der Waals surface area contributed by atoms with Gasteiger partial charge in [-0.3, -0.25) is 18.2 Å². The Labute approximate surface area is 420 Å². The van der Waals surface area contributed by atoms with Crippen LogP contribution in [-0.2, 0) is 18.8 Å². The Balaban J connectivity index is 0.000000160. The lowest BCUT2D eigenvalue weighted by atomic mass is 10.1. The summed E-state index contributed by atoms with van der Waals surface area (Å²) in [4.78, 5) is 42.2. The van der Waals surface area contributed by atoms with Crippen LogP contribution in [0.5, 0.6) is 0 Å². The van der Waals surface area contributed by atoms with Crippen LogP contribution in [0.15, 0.2) is 148 Å². The van der Waals surface area contributed by atoms with Gasteiger partial charge in [0.2, 0.25) is 0 Å². The standard InChI is InChI=1S/C29H31N9O2.C24H23N9/c1-29(2,3)40-28(39)36-12-5-6-20(17-36)24-18-38-25(21-14-32-35(4)16-21)15-31-27(38)26(34-24)33-22-7-9-23(10-8-22)37-13-11-30-19-37;1-31-14-18(12-28-31)22-13-27-24-23(30-21(15-33(22)24)17-3-2-8-25-11-17)29-19-4-6-20(7-5-19)32-10-9-26-16-32/h6-11,13-16,18-19H,5,12,17H2,1-4H3,(H,33,34);3-7,9-10,12-16,25H,2,8,11H2,1H3,(H,29,30). The first-order chi connectivity index (χ1) is 35.5. The van der Waals surface area contributed by atoms with Crippen molar-refractivity contribution >= 4 is 51.5 Å². The van der Waals surface area contributed by atoms with E-state index in [-0.39, 0.29) is 6.09 Å². The van der Waals surface area contributed by atoms with Crippen molar-refractivity contribution in [3.8, 4) is 33.9 Å². The van der Waals surface area contributed by atoms with E-state index in [1.165, 1.54) is 5.57 Å². The molecule has 20 nitrogen and oxygen atoms in total. The van der Waals surface area contributed by atoms with E-state index in [1.807, 2.05) is 153 Å². The highest BCUT2D eigenvalue weighted by Gasteiger charge is 2.26. The molecule has 8 aromatic heterocycles. The van der Waals surface area contributed by atoms with E-state index in [0.29, 0.717) is 36.8 Å². The van der Waals surface area contributed by atoms with Gasteiger partial charge in [0.15, 0.2) is 22.9 Å². The summed E-state index contributed by atoms with van der Waals surface area (Å²) < 4.78 is 17.2. The first-order valence-electron chi connectivity index (χ1n) is 24.0. The Kier molecular flexibility index (Phi) is 12.4. The van der Waals surface area contributed by atoms with Gasteiger partial charge in [0.25, 0.3) is 0 Å². The molecule has 0 aliphatic carbocycles. The van der Waals surface area contributed by atoms with E-state index in [1.54, 1.807) is 39.3 Å². The number of aromatic nitrogens is 14. The Morgan fingerprint density at radius 2 is 1.18 bits per heavy atom. The van der Waals surface area contributed by atoms with Crippen LogP contribution in [0.3, 0.4) is 0 Å². The summed E-state index contributed by atoms with van der Waals surface area (Å²) in [5, 5.41) is 19.0. The van der Waals surface area contributed by atoms with Gasteiger partial charge < -0.3 is 34.7 Å². The maximum absolute atomic E-state index is 12.8. The molecule has 0 atom stereocenters. The molecule has 0 saturated carbocycles. The average molecular weight is 975 g/mol. The molecule has 20 heteroatoms. The Morgan fingerprint density at radius 3 is 1.63 bits per heavy atom. The van der Waals surface area contributed by atoms with Crippen molar-refractivity contribution < 1.29 is 9.53 Å². The molecule has 73 heavy (non-hydrogen) atoms. The number of ether oxygens (including phenoxy) is 1. The monoisotopic (exact) mass is 974 g/mol. The molecule has 10 aromatic rings. The van der Waals surface area contributed by atoms with Gasteiger partial charge >= 0.3 is 6.09 Å². The van der Waals surface area contributed by atoms with Gasteiger partial charge in [-0.2, -0.15) is 10.2 Å². The molecule has 10 heterocycles. The quantitative estimate of drug-likeness (QED) is 0.118. The number of nitrogens with zero attached hydrogens (tertiary/aromatic N) is 15. The molecule has 3 N–H and O–H groups in total. The minimum Gasteiger partial charge on any atom is -0.444 e. The van der Waals surface area contributed by atoms with E-state index < -0.39 is 5.60 Å². The van der Waals surface area contributed by atoms with Crippen LogP contribution in [0.25, 0.3) is 56.3 Å². The molecule has 0 bridgehead atoms. The predicted molar refractivity (Wildman–Crippen MR) is 280 cm³/mol. The number of hydrogen-bond donors (Lipinski definition) is 3. The summed E-state index contributed by atoms with van der Waals surface area (Å²) in [7, 11) is 3.80. The van der Waals surface area contributed by atoms with Gasteiger partial charge in [0.05, 0.1) is 66.8 Å². The largest absolute Gasteiger partial charge is 0.444 e. The van der Waals surface area contributed by atoms with Crippen molar-refractivity contribution in [2.45, 2.75) is 39.2 Å². The molecule has 0 spiro atoms. The number of carbonyl (C=O) groups excluding carboxylic acids is 1. The highest BCUT2D eigenvalue weighted by atomic mass is 16.6. The molecule has 12 rings (SSSR count). The third kappa shape index (κ3) is 10.1. The number of nitrogens with one attached hydrogen (secondary N) is 3. The van der Waals surface area contributed by atoms with Crippen molar-refractivity contribution in [1.29, 1.82) is 0 Å². The van der Waals surface area contributed by atoms with Gasteiger partial charge in [-0.05, 0) is 99.8 Å². The highest BCUT2D eigenvalue weighted by Crippen LogP contribution is 2.32. The van der Waals surface area contributed by atoms with Crippen molar-refractivity contribution in [3.05, 3.63) is 159 Å². The maximum Gasteiger partial charge on any atom is 0.410 e. The lowest BCUT2D eigenvalue weighted by molar-refractivity contribution is 0.0273. The third-order valence-electron chi connectivity index (χ3n) is 12.3.